The number of hydrogen-bond donors (Lipinski definition) is 0. The standard InChI is InChI=1S/C22H32N4O4S/c1-14-17(15-12-23-25(13-15)16-10-8-9-11-16)31-18(24-14)26(19(27)29-21(2,3)4)20(28)30-22(5,6)7/h12-13,16H,8-11H2,1-7H3. The van der Waals surface area contributed by atoms with Crippen LogP contribution < -0.4 is 4.90 Å². The van der Waals surface area contributed by atoms with Crippen molar-refractivity contribution in [2.75, 3.05) is 4.90 Å². The minimum atomic E-state index is -0.816. The number of imide groups is 1. The van der Waals surface area contributed by atoms with Gasteiger partial charge in [-0.1, -0.05) is 24.2 Å². The topological polar surface area (TPSA) is 86.6 Å². The summed E-state index contributed by atoms with van der Waals surface area (Å²) >= 11 is 1.25. The van der Waals surface area contributed by atoms with Crippen LogP contribution in [0.5, 0.6) is 0 Å². The summed E-state index contributed by atoms with van der Waals surface area (Å²) in [5, 5.41) is 4.75. The van der Waals surface area contributed by atoms with Gasteiger partial charge < -0.3 is 9.47 Å². The van der Waals surface area contributed by atoms with Gasteiger partial charge in [-0.05, 0) is 61.3 Å². The largest absolute Gasteiger partial charge is 0.443 e. The number of aromatic nitrogens is 3. The molecule has 0 aliphatic heterocycles. The van der Waals surface area contributed by atoms with Crippen molar-refractivity contribution in [3.8, 4) is 10.4 Å². The third-order valence-corrected chi connectivity index (χ3v) is 5.88. The van der Waals surface area contributed by atoms with Gasteiger partial charge in [-0.15, -0.1) is 0 Å². The van der Waals surface area contributed by atoms with E-state index in [0.29, 0.717) is 11.7 Å². The number of ether oxygens (including phenoxy) is 2. The van der Waals surface area contributed by atoms with E-state index in [1.165, 1.54) is 24.2 Å². The maximum absolute atomic E-state index is 12.9. The van der Waals surface area contributed by atoms with Gasteiger partial charge in [0.2, 0.25) is 5.13 Å². The number of carbonyl (C=O) groups excluding carboxylic acids is 2. The molecule has 3 rings (SSSR count). The van der Waals surface area contributed by atoms with E-state index in [2.05, 4.69) is 10.1 Å². The molecule has 1 fully saturated rings. The molecule has 0 saturated heterocycles. The number of amides is 2. The predicted octanol–water partition coefficient (Wildman–Crippen LogP) is 6.11. The molecule has 1 aliphatic carbocycles. The maximum atomic E-state index is 12.9. The van der Waals surface area contributed by atoms with Crippen LogP contribution in [-0.4, -0.2) is 38.2 Å². The Balaban J connectivity index is 1.92. The average Bonchev–Trinajstić information content (AvgIpc) is 3.31. The Bertz CT molecular complexity index is 918. The number of rotatable bonds is 3. The van der Waals surface area contributed by atoms with E-state index >= 15 is 0 Å². The van der Waals surface area contributed by atoms with Crippen molar-refractivity contribution < 1.29 is 19.1 Å². The zero-order chi connectivity index (χ0) is 23.0. The fraction of sp³-hybridized carbons (Fsp3) is 0.636. The molecule has 0 radical (unpaired) electrons. The highest BCUT2D eigenvalue weighted by Gasteiger charge is 2.35. The highest BCUT2D eigenvalue weighted by molar-refractivity contribution is 7.19. The lowest BCUT2D eigenvalue weighted by atomic mass is 10.2. The van der Waals surface area contributed by atoms with Gasteiger partial charge in [-0.3, -0.25) is 4.68 Å². The monoisotopic (exact) mass is 448 g/mol. The fourth-order valence-corrected chi connectivity index (χ4v) is 4.44. The predicted molar refractivity (Wildman–Crippen MR) is 121 cm³/mol. The van der Waals surface area contributed by atoms with Gasteiger partial charge in [0, 0.05) is 11.8 Å². The Morgan fingerprint density at radius 2 is 1.61 bits per heavy atom. The van der Waals surface area contributed by atoms with Crippen LogP contribution in [0.15, 0.2) is 12.4 Å². The molecule has 0 atom stereocenters. The second kappa shape index (κ2) is 8.61. The van der Waals surface area contributed by atoms with Crippen LogP contribution in [0.1, 0.15) is 79.0 Å². The first-order valence-electron chi connectivity index (χ1n) is 10.6. The summed E-state index contributed by atoms with van der Waals surface area (Å²) in [4.78, 5) is 32.0. The van der Waals surface area contributed by atoms with Crippen LogP contribution in [0, 0.1) is 6.92 Å². The smallest absolute Gasteiger partial charge is 0.426 e. The molecule has 2 aromatic heterocycles. The molecule has 0 aromatic carbocycles. The number of hydrogen-bond acceptors (Lipinski definition) is 7. The highest BCUT2D eigenvalue weighted by atomic mass is 32.1. The van der Waals surface area contributed by atoms with Crippen molar-refractivity contribution in [2.24, 2.45) is 0 Å². The van der Waals surface area contributed by atoms with Crippen molar-refractivity contribution in [2.45, 2.75) is 91.4 Å². The molecule has 31 heavy (non-hydrogen) atoms. The van der Waals surface area contributed by atoms with E-state index in [1.54, 1.807) is 41.5 Å². The van der Waals surface area contributed by atoms with Crippen molar-refractivity contribution in [3.05, 3.63) is 18.1 Å². The first-order valence-corrected chi connectivity index (χ1v) is 11.4. The number of nitrogens with zero attached hydrogens (tertiary/aromatic N) is 4. The van der Waals surface area contributed by atoms with E-state index < -0.39 is 23.4 Å². The lowest BCUT2D eigenvalue weighted by molar-refractivity contribution is 0.0430. The Hall–Kier alpha value is -2.42. The van der Waals surface area contributed by atoms with Crippen LogP contribution in [-0.2, 0) is 9.47 Å². The van der Waals surface area contributed by atoms with Gasteiger partial charge in [0.1, 0.15) is 11.2 Å². The van der Waals surface area contributed by atoms with Gasteiger partial charge in [0.15, 0.2) is 0 Å². The third kappa shape index (κ3) is 5.84. The summed E-state index contributed by atoms with van der Waals surface area (Å²) in [6.45, 7) is 12.3. The average molecular weight is 449 g/mol. The molecule has 170 valence electrons. The highest BCUT2D eigenvalue weighted by Crippen LogP contribution is 2.37. The molecule has 0 unspecified atom stereocenters. The van der Waals surface area contributed by atoms with Gasteiger partial charge in [0.25, 0.3) is 0 Å². The number of anilines is 1. The van der Waals surface area contributed by atoms with E-state index in [9.17, 15) is 9.59 Å². The minimum absolute atomic E-state index is 0.213. The summed E-state index contributed by atoms with van der Waals surface area (Å²) in [7, 11) is 0. The number of carbonyl (C=O) groups is 2. The molecule has 2 amide bonds. The van der Waals surface area contributed by atoms with Crippen LogP contribution in [0.4, 0.5) is 14.7 Å². The first kappa shape index (κ1) is 23.2. The molecular weight excluding hydrogens is 416 g/mol. The van der Waals surface area contributed by atoms with Crippen LogP contribution in [0.25, 0.3) is 10.4 Å². The van der Waals surface area contributed by atoms with Crippen LogP contribution in [0.3, 0.4) is 0 Å². The van der Waals surface area contributed by atoms with E-state index in [-0.39, 0.29) is 5.13 Å². The molecule has 9 heteroatoms. The summed E-state index contributed by atoms with van der Waals surface area (Å²) in [6, 6.07) is 0.432. The molecule has 2 heterocycles. The van der Waals surface area contributed by atoms with E-state index in [0.717, 1.165) is 28.2 Å². The molecular formula is C22H32N4O4S. The van der Waals surface area contributed by atoms with Crippen molar-refractivity contribution in [1.82, 2.24) is 14.8 Å². The second-order valence-electron chi connectivity index (χ2n) is 9.85. The number of thiazole rings is 1. The van der Waals surface area contributed by atoms with Crippen molar-refractivity contribution in [3.63, 3.8) is 0 Å². The van der Waals surface area contributed by atoms with Crippen LogP contribution in [0.2, 0.25) is 0 Å². The molecule has 1 aliphatic rings. The van der Waals surface area contributed by atoms with Crippen molar-refractivity contribution >= 4 is 28.7 Å². The second-order valence-corrected chi connectivity index (χ2v) is 10.8. The Kier molecular flexibility index (Phi) is 6.45. The first-order chi connectivity index (χ1) is 14.3. The molecule has 8 nitrogen and oxygen atoms in total. The Labute approximate surface area is 187 Å². The van der Waals surface area contributed by atoms with Gasteiger partial charge in [-0.25, -0.2) is 14.6 Å². The van der Waals surface area contributed by atoms with Gasteiger partial charge >= 0.3 is 12.2 Å². The maximum Gasteiger partial charge on any atom is 0.426 e. The zero-order valence-electron chi connectivity index (χ0n) is 19.4. The molecule has 2 aromatic rings. The summed E-state index contributed by atoms with van der Waals surface area (Å²) in [5.41, 5.74) is 0.0913. The van der Waals surface area contributed by atoms with Crippen molar-refractivity contribution in [1.29, 1.82) is 0 Å². The molecule has 1 saturated carbocycles. The summed E-state index contributed by atoms with van der Waals surface area (Å²) in [6.07, 6.45) is 6.93. The lowest BCUT2D eigenvalue weighted by Gasteiger charge is -2.27. The SMILES string of the molecule is Cc1nc(N(C(=O)OC(C)(C)C)C(=O)OC(C)(C)C)sc1-c1cnn(C2CCCC2)c1. The van der Waals surface area contributed by atoms with Gasteiger partial charge in [-0.2, -0.15) is 10.00 Å². The third-order valence-electron chi connectivity index (χ3n) is 4.69. The minimum Gasteiger partial charge on any atom is -0.443 e. The Morgan fingerprint density at radius 3 is 2.13 bits per heavy atom. The normalized spacial score (nSPS) is 15.2. The Morgan fingerprint density at radius 1 is 1.06 bits per heavy atom. The van der Waals surface area contributed by atoms with E-state index in [1.807, 2.05) is 24.0 Å². The summed E-state index contributed by atoms with van der Waals surface area (Å²) < 4.78 is 12.9. The molecule has 0 bridgehead atoms. The fourth-order valence-electron chi connectivity index (χ4n) is 3.42. The molecule has 0 spiro atoms. The zero-order valence-corrected chi connectivity index (χ0v) is 20.2. The van der Waals surface area contributed by atoms with E-state index in [4.69, 9.17) is 9.47 Å². The quantitative estimate of drug-likeness (QED) is 0.563. The number of aryl methyl sites for hydroxylation is 1. The summed E-state index contributed by atoms with van der Waals surface area (Å²) in [5.74, 6) is 0. The molecule has 0 N–H and O–H groups in total. The van der Waals surface area contributed by atoms with Crippen LogP contribution >= 0.6 is 11.3 Å². The van der Waals surface area contributed by atoms with Gasteiger partial charge in [0.05, 0.1) is 22.8 Å². The lowest BCUT2D eigenvalue weighted by Crippen LogP contribution is -2.43.